The minimum absolute atomic E-state index is 0.215. The zero-order valence-electron chi connectivity index (χ0n) is 11.3. The summed E-state index contributed by atoms with van der Waals surface area (Å²) in [6.45, 7) is 8.73. The van der Waals surface area contributed by atoms with Crippen LogP contribution in [0.1, 0.15) is 47.0 Å². The first-order valence-electron chi connectivity index (χ1n) is 6.39. The zero-order chi connectivity index (χ0) is 12.3. The van der Waals surface area contributed by atoms with E-state index in [1.165, 1.54) is 19.3 Å². The highest BCUT2D eigenvalue weighted by atomic mass is 32.2. The molecule has 0 radical (unpaired) electrons. The van der Waals surface area contributed by atoms with Gasteiger partial charge in [0.1, 0.15) is 0 Å². The summed E-state index contributed by atoms with van der Waals surface area (Å²) in [4.78, 5) is 0. The smallest absolute Gasteiger partial charge is 0.0628 e. The first-order chi connectivity index (χ1) is 7.38. The minimum atomic E-state index is -0.215. The third-order valence-electron chi connectivity index (χ3n) is 3.90. The molecule has 1 saturated carbocycles. The second kappa shape index (κ2) is 5.74. The average molecular weight is 245 g/mol. The molecular formula is C13H27NOS. The predicted molar refractivity (Wildman–Crippen MR) is 73.0 cm³/mol. The lowest BCUT2D eigenvalue weighted by Gasteiger charge is -2.44. The maximum Gasteiger partial charge on any atom is 0.0628 e. The van der Waals surface area contributed by atoms with Crippen LogP contribution in [0.15, 0.2) is 0 Å². The molecule has 96 valence electrons. The van der Waals surface area contributed by atoms with E-state index in [1.54, 1.807) is 0 Å². The first kappa shape index (κ1) is 14.3. The highest BCUT2D eigenvalue weighted by molar-refractivity contribution is 8.00. The molecule has 1 aliphatic rings. The van der Waals surface area contributed by atoms with Gasteiger partial charge in [0.2, 0.25) is 0 Å². The van der Waals surface area contributed by atoms with Crippen LogP contribution in [0.5, 0.6) is 0 Å². The third-order valence-corrected chi connectivity index (χ3v) is 5.58. The molecule has 0 bridgehead atoms. The van der Waals surface area contributed by atoms with E-state index < -0.39 is 0 Å². The Kier molecular flexibility index (Phi) is 5.14. The Hall–Kier alpha value is 0.270. The van der Waals surface area contributed by atoms with Crippen molar-refractivity contribution < 1.29 is 5.11 Å². The fourth-order valence-corrected chi connectivity index (χ4v) is 4.44. The van der Waals surface area contributed by atoms with Gasteiger partial charge in [-0.2, -0.15) is 11.8 Å². The molecule has 1 fully saturated rings. The Bertz CT molecular complexity index is 218. The number of aliphatic hydroxyl groups excluding tert-OH is 1. The van der Waals surface area contributed by atoms with Crippen molar-refractivity contribution in [1.29, 1.82) is 0 Å². The molecule has 0 aromatic carbocycles. The van der Waals surface area contributed by atoms with Gasteiger partial charge in [0.05, 0.1) is 6.10 Å². The SMILES string of the molecule is CNC1C(SC(C)C(C)O)CCCC1(C)C. The molecule has 0 aromatic heterocycles. The van der Waals surface area contributed by atoms with Crippen LogP contribution in [0.25, 0.3) is 0 Å². The lowest BCUT2D eigenvalue weighted by Crippen LogP contribution is -2.50. The molecule has 3 heteroatoms. The van der Waals surface area contributed by atoms with E-state index in [-0.39, 0.29) is 6.10 Å². The highest BCUT2D eigenvalue weighted by Crippen LogP contribution is 2.41. The van der Waals surface area contributed by atoms with Gasteiger partial charge < -0.3 is 10.4 Å². The van der Waals surface area contributed by atoms with E-state index in [2.05, 4.69) is 33.1 Å². The van der Waals surface area contributed by atoms with Gasteiger partial charge in [-0.05, 0) is 32.2 Å². The van der Waals surface area contributed by atoms with Gasteiger partial charge in [-0.3, -0.25) is 0 Å². The highest BCUT2D eigenvalue weighted by Gasteiger charge is 2.39. The van der Waals surface area contributed by atoms with Crippen LogP contribution in [0.4, 0.5) is 0 Å². The van der Waals surface area contributed by atoms with E-state index in [1.807, 2.05) is 18.7 Å². The van der Waals surface area contributed by atoms with Gasteiger partial charge in [0.25, 0.3) is 0 Å². The van der Waals surface area contributed by atoms with Crippen molar-refractivity contribution in [2.24, 2.45) is 5.41 Å². The predicted octanol–water partition coefficient (Wildman–Crippen LogP) is 2.66. The van der Waals surface area contributed by atoms with Gasteiger partial charge in [-0.25, -0.2) is 0 Å². The van der Waals surface area contributed by atoms with Gasteiger partial charge in [-0.15, -0.1) is 0 Å². The summed E-state index contributed by atoms with van der Waals surface area (Å²) in [5.41, 5.74) is 0.378. The Labute approximate surface area is 105 Å². The number of thioether (sulfide) groups is 1. The second-order valence-corrected chi connectivity index (χ2v) is 7.39. The van der Waals surface area contributed by atoms with Crippen molar-refractivity contribution in [2.45, 2.75) is 69.6 Å². The summed E-state index contributed by atoms with van der Waals surface area (Å²) in [5.74, 6) is 0. The standard InChI is InChI=1S/C13H27NOS/c1-9(15)10(2)16-11-7-6-8-13(3,4)12(11)14-5/h9-12,14-15H,6-8H2,1-5H3. The van der Waals surface area contributed by atoms with E-state index in [9.17, 15) is 5.11 Å². The number of hydrogen-bond acceptors (Lipinski definition) is 3. The van der Waals surface area contributed by atoms with Crippen LogP contribution >= 0.6 is 11.8 Å². The molecule has 16 heavy (non-hydrogen) atoms. The normalized spacial score (nSPS) is 33.4. The molecule has 4 unspecified atom stereocenters. The average Bonchev–Trinajstić information content (AvgIpc) is 2.16. The van der Waals surface area contributed by atoms with Gasteiger partial charge in [0, 0.05) is 16.5 Å². The molecule has 0 heterocycles. The summed E-state index contributed by atoms with van der Waals surface area (Å²) >= 11 is 1.95. The van der Waals surface area contributed by atoms with Crippen molar-refractivity contribution in [3.05, 3.63) is 0 Å². The van der Waals surface area contributed by atoms with E-state index in [4.69, 9.17) is 0 Å². The Balaban J connectivity index is 2.63. The summed E-state index contributed by atoms with van der Waals surface area (Å²) in [6, 6.07) is 0.562. The Morgan fingerprint density at radius 1 is 1.38 bits per heavy atom. The van der Waals surface area contributed by atoms with E-state index >= 15 is 0 Å². The first-order valence-corrected chi connectivity index (χ1v) is 7.33. The number of hydrogen-bond donors (Lipinski definition) is 2. The minimum Gasteiger partial charge on any atom is -0.392 e. The quantitative estimate of drug-likeness (QED) is 0.798. The fourth-order valence-electron chi connectivity index (χ4n) is 2.70. The molecule has 2 nitrogen and oxygen atoms in total. The Morgan fingerprint density at radius 2 is 2.00 bits per heavy atom. The topological polar surface area (TPSA) is 32.3 Å². The molecular weight excluding hydrogens is 218 g/mol. The van der Waals surface area contributed by atoms with Gasteiger partial charge >= 0.3 is 0 Å². The molecule has 1 aliphatic carbocycles. The van der Waals surface area contributed by atoms with Crippen molar-refractivity contribution in [3.8, 4) is 0 Å². The van der Waals surface area contributed by atoms with Crippen molar-refractivity contribution in [1.82, 2.24) is 5.32 Å². The van der Waals surface area contributed by atoms with Crippen LogP contribution in [0.3, 0.4) is 0 Å². The number of nitrogens with one attached hydrogen (secondary N) is 1. The van der Waals surface area contributed by atoms with Crippen LogP contribution in [0, 0.1) is 5.41 Å². The number of rotatable bonds is 4. The van der Waals surface area contributed by atoms with Crippen LogP contribution in [0.2, 0.25) is 0 Å². The van der Waals surface area contributed by atoms with E-state index in [0.29, 0.717) is 22.0 Å². The monoisotopic (exact) mass is 245 g/mol. The summed E-state index contributed by atoms with van der Waals surface area (Å²) in [5, 5.41) is 14.1. The molecule has 0 spiro atoms. The van der Waals surface area contributed by atoms with Crippen LogP contribution in [-0.2, 0) is 0 Å². The number of aliphatic hydroxyl groups is 1. The molecule has 0 amide bonds. The largest absolute Gasteiger partial charge is 0.392 e. The summed E-state index contributed by atoms with van der Waals surface area (Å²) in [6.07, 6.45) is 3.68. The van der Waals surface area contributed by atoms with Crippen molar-refractivity contribution in [2.75, 3.05) is 7.05 Å². The third kappa shape index (κ3) is 3.38. The summed E-state index contributed by atoms with van der Waals surface area (Å²) < 4.78 is 0. The Morgan fingerprint density at radius 3 is 2.50 bits per heavy atom. The maximum absolute atomic E-state index is 9.60. The van der Waals surface area contributed by atoms with Crippen molar-refractivity contribution in [3.63, 3.8) is 0 Å². The van der Waals surface area contributed by atoms with E-state index in [0.717, 1.165) is 0 Å². The zero-order valence-corrected chi connectivity index (χ0v) is 12.1. The molecule has 0 saturated heterocycles. The maximum atomic E-state index is 9.60. The molecule has 1 rings (SSSR count). The lowest BCUT2D eigenvalue weighted by molar-refractivity contribution is 0.178. The lowest BCUT2D eigenvalue weighted by atomic mass is 9.73. The molecule has 0 aromatic rings. The van der Waals surface area contributed by atoms with Crippen molar-refractivity contribution >= 4 is 11.8 Å². The molecule has 4 atom stereocenters. The van der Waals surface area contributed by atoms with Crippen LogP contribution < -0.4 is 5.32 Å². The summed E-state index contributed by atoms with van der Waals surface area (Å²) in [7, 11) is 2.07. The van der Waals surface area contributed by atoms with Gasteiger partial charge in [0.15, 0.2) is 0 Å². The van der Waals surface area contributed by atoms with Crippen LogP contribution in [-0.4, -0.2) is 34.8 Å². The molecule has 2 N–H and O–H groups in total. The van der Waals surface area contributed by atoms with Gasteiger partial charge in [-0.1, -0.05) is 27.2 Å². The molecule has 0 aliphatic heterocycles. The fraction of sp³-hybridized carbons (Fsp3) is 1.00. The second-order valence-electron chi connectivity index (χ2n) is 5.77.